The van der Waals surface area contributed by atoms with Gasteiger partial charge in [0.05, 0.1) is 13.2 Å². The Balaban J connectivity index is 1.65. The molecule has 0 spiro atoms. The number of hydroxylamine groups is 1. The molecule has 0 aromatic heterocycles. The summed E-state index contributed by atoms with van der Waals surface area (Å²) in [5, 5.41) is 20.3. The number of oxime groups is 1. The van der Waals surface area contributed by atoms with Gasteiger partial charge in [-0.25, -0.2) is 5.48 Å². The standard InChI is InChI=1S/C20H27N3O6/c1-28-16-7-6-14(12-17(16)29-15-4-2-3-5-15)13-8-10-23(11-9-13)20(25)18(21-26)19(24)22-27/h6-7,12-13,15,26-27H,2-5,8-11H2,1H3,(H,22,24). The molecule has 0 atom stereocenters. The van der Waals surface area contributed by atoms with Gasteiger partial charge < -0.3 is 19.6 Å². The summed E-state index contributed by atoms with van der Waals surface area (Å²) >= 11 is 0. The summed E-state index contributed by atoms with van der Waals surface area (Å²) in [4.78, 5) is 25.2. The molecule has 1 aromatic rings. The van der Waals surface area contributed by atoms with Crippen molar-refractivity contribution in [1.82, 2.24) is 10.4 Å². The Bertz CT molecular complexity index is 767. The van der Waals surface area contributed by atoms with Crippen LogP contribution in [0.3, 0.4) is 0 Å². The number of carbonyl (C=O) groups excluding carboxylic acids is 2. The molecule has 2 fully saturated rings. The van der Waals surface area contributed by atoms with Crippen LogP contribution in [-0.4, -0.2) is 59.1 Å². The van der Waals surface area contributed by atoms with E-state index in [0.717, 1.165) is 24.2 Å². The Labute approximate surface area is 169 Å². The lowest BCUT2D eigenvalue weighted by Gasteiger charge is -2.32. The average molecular weight is 405 g/mol. The zero-order valence-electron chi connectivity index (χ0n) is 16.5. The van der Waals surface area contributed by atoms with Crippen LogP contribution < -0.4 is 15.0 Å². The van der Waals surface area contributed by atoms with E-state index in [1.807, 2.05) is 18.2 Å². The molecule has 3 N–H and O–H groups in total. The number of piperidine rings is 1. The number of carbonyl (C=O) groups is 2. The molecule has 29 heavy (non-hydrogen) atoms. The second kappa shape index (κ2) is 9.60. The van der Waals surface area contributed by atoms with Crippen LogP contribution in [0.2, 0.25) is 0 Å². The van der Waals surface area contributed by atoms with E-state index in [0.29, 0.717) is 31.7 Å². The number of benzene rings is 1. The molecule has 0 unspecified atom stereocenters. The maximum atomic E-state index is 12.3. The molecule has 1 aliphatic heterocycles. The fourth-order valence-electron chi connectivity index (χ4n) is 4.03. The van der Waals surface area contributed by atoms with Gasteiger partial charge in [-0.1, -0.05) is 11.2 Å². The molecule has 158 valence electrons. The van der Waals surface area contributed by atoms with Crippen LogP contribution >= 0.6 is 0 Å². The number of hydrogen-bond donors (Lipinski definition) is 3. The van der Waals surface area contributed by atoms with Crippen LogP contribution in [0.1, 0.15) is 50.0 Å². The minimum atomic E-state index is -1.14. The Kier molecular flexibility index (Phi) is 6.92. The van der Waals surface area contributed by atoms with Gasteiger partial charge in [-0.3, -0.25) is 14.8 Å². The molecular formula is C20H27N3O6. The molecule has 2 aliphatic rings. The third-order valence-corrected chi connectivity index (χ3v) is 5.66. The van der Waals surface area contributed by atoms with E-state index in [1.54, 1.807) is 7.11 Å². The average Bonchev–Trinajstić information content (AvgIpc) is 3.27. The van der Waals surface area contributed by atoms with Gasteiger partial charge >= 0.3 is 5.91 Å². The summed E-state index contributed by atoms with van der Waals surface area (Å²) in [6.07, 6.45) is 6.11. The van der Waals surface area contributed by atoms with Crippen molar-refractivity contribution in [3.63, 3.8) is 0 Å². The van der Waals surface area contributed by atoms with Gasteiger partial charge in [-0.2, -0.15) is 0 Å². The van der Waals surface area contributed by atoms with Crippen LogP contribution in [0.25, 0.3) is 0 Å². The highest BCUT2D eigenvalue weighted by Gasteiger charge is 2.30. The number of nitrogens with zero attached hydrogens (tertiary/aromatic N) is 2. The minimum absolute atomic E-state index is 0.229. The van der Waals surface area contributed by atoms with E-state index < -0.39 is 17.5 Å². The van der Waals surface area contributed by atoms with Gasteiger partial charge in [0, 0.05) is 13.1 Å². The highest BCUT2D eigenvalue weighted by Crippen LogP contribution is 2.37. The Morgan fingerprint density at radius 2 is 1.83 bits per heavy atom. The van der Waals surface area contributed by atoms with Gasteiger partial charge in [0.1, 0.15) is 0 Å². The number of nitrogens with one attached hydrogen (secondary N) is 1. The summed E-state index contributed by atoms with van der Waals surface area (Å²) in [6, 6.07) is 5.96. The van der Waals surface area contributed by atoms with Crippen molar-refractivity contribution in [1.29, 1.82) is 0 Å². The van der Waals surface area contributed by atoms with Crippen molar-refractivity contribution in [2.75, 3.05) is 20.2 Å². The van der Waals surface area contributed by atoms with Gasteiger partial charge in [0.15, 0.2) is 11.5 Å². The Hall–Kier alpha value is -2.81. The summed E-state index contributed by atoms with van der Waals surface area (Å²) < 4.78 is 11.6. The predicted octanol–water partition coefficient (Wildman–Crippen LogP) is 2.06. The molecule has 0 radical (unpaired) electrons. The summed E-state index contributed by atoms with van der Waals surface area (Å²) in [5.41, 5.74) is 1.70. The lowest BCUT2D eigenvalue weighted by Crippen LogP contribution is -2.46. The van der Waals surface area contributed by atoms with Crippen molar-refractivity contribution < 1.29 is 29.5 Å². The van der Waals surface area contributed by atoms with Gasteiger partial charge in [0.25, 0.3) is 5.91 Å². The summed E-state index contributed by atoms with van der Waals surface area (Å²) in [6.45, 7) is 0.818. The lowest BCUT2D eigenvalue weighted by molar-refractivity contribution is -0.128. The number of methoxy groups -OCH3 is 1. The molecule has 9 nitrogen and oxygen atoms in total. The van der Waals surface area contributed by atoms with E-state index >= 15 is 0 Å². The van der Waals surface area contributed by atoms with E-state index in [2.05, 4.69) is 5.16 Å². The quantitative estimate of drug-likeness (QED) is 0.219. The maximum Gasteiger partial charge on any atom is 0.302 e. The zero-order chi connectivity index (χ0) is 20.8. The van der Waals surface area contributed by atoms with Gasteiger partial charge in [-0.15, -0.1) is 0 Å². The van der Waals surface area contributed by atoms with Crippen molar-refractivity contribution in [3.8, 4) is 11.5 Å². The van der Waals surface area contributed by atoms with Crippen LogP contribution in [0.5, 0.6) is 11.5 Å². The molecule has 1 aromatic carbocycles. The normalized spacial score (nSPS) is 18.6. The highest BCUT2D eigenvalue weighted by atomic mass is 16.5. The first kappa shape index (κ1) is 20.9. The van der Waals surface area contributed by atoms with Crippen LogP contribution in [0, 0.1) is 0 Å². The number of rotatable bonds is 6. The molecule has 1 saturated carbocycles. The predicted molar refractivity (Wildman–Crippen MR) is 104 cm³/mol. The molecule has 2 amide bonds. The third-order valence-electron chi connectivity index (χ3n) is 5.66. The maximum absolute atomic E-state index is 12.3. The first-order valence-electron chi connectivity index (χ1n) is 9.87. The molecule has 0 bridgehead atoms. The second-order valence-electron chi connectivity index (χ2n) is 7.39. The van der Waals surface area contributed by atoms with E-state index in [9.17, 15) is 9.59 Å². The smallest absolute Gasteiger partial charge is 0.302 e. The molecule has 1 saturated heterocycles. The monoisotopic (exact) mass is 405 g/mol. The largest absolute Gasteiger partial charge is 0.493 e. The summed E-state index contributed by atoms with van der Waals surface area (Å²) in [5.74, 6) is -0.144. The van der Waals surface area contributed by atoms with Crippen molar-refractivity contribution in [2.45, 2.75) is 50.5 Å². The zero-order valence-corrected chi connectivity index (χ0v) is 16.5. The van der Waals surface area contributed by atoms with Crippen molar-refractivity contribution >= 4 is 17.5 Å². The minimum Gasteiger partial charge on any atom is -0.493 e. The van der Waals surface area contributed by atoms with Crippen molar-refractivity contribution in [3.05, 3.63) is 23.8 Å². The van der Waals surface area contributed by atoms with Crippen LogP contribution in [-0.2, 0) is 9.59 Å². The molecule has 1 heterocycles. The highest BCUT2D eigenvalue weighted by molar-refractivity contribution is 6.64. The SMILES string of the molecule is COc1ccc(C2CCN(C(=O)C(=NO)C(=O)NO)CC2)cc1OC1CCCC1. The molecule has 1 aliphatic carbocycles. The third kappa shape index (κ3) is 4.79. The molecule has 3 rings (SSSR count). The van der Waals surface area contributed by atoms with Crippen LogP contribution in [0.15, 0.2) is 23.4 Å². The number of amides is 2. The molecule has 9 heteroatoms. The number of hydrogen-bond acceptors (Lipinski definition) is 7. The second-order valence-corrected chi connectivity index (χ2v) is 7.39. The van der Waals surface area contributed by atoms with E-state index in [1.165, 1.54) is 23.2 Å². The van der Waals surface area contributed by atoms with Gasteiger partial charge in [0.2, 0.25) is 5.71 Å². The molecular weight excluding hydrogens is 378 g/mol. The van der Waals surface area contributed by atoms with Crippen molar-refractivity contribution in [2.24, 2.45) is 5.16 Å². The van der Waals surface area contributed by atoms with E-state index in [-0.39, 0.29) is 12.0 Å². The fraction of sp³-hybridized carbons (Fsp3) is 0.550. The topological polar surface area (TPSA) is 121 Å². The van der Waals surface area contributed by atoms with E-state index in [4.69, 9.17) is 19.9 Å². The van der Waals surface area contributed by atoms with Gasteiger partial charge in [-0.05, 0) is 62.1 Å². The fourth-order valence-corrected chi connectivity index (χ4v) is 4.03. The Morgan fingerprint density at radius 1 is 1.14 bits per heavy atom. The Morgan fingerprint density at radius 3 is 2.41 bits per heavy atom. The van der Waals surface area contributed by atoms with Crippen LogP contribution in [0.4, 0.5) is 0 Å². The summed E-state index contributed by atoms with van der Waals surface area (Å²) in [7, 11) is 1.63. The first-order chi connectivity index (χ1) is 14.1. The lowest BCUT2D eigenvalue weighted by atomic mass is 9.89. The number of likely N-dealkylation sites (tertiary alicyclic amines) is 1. The number of ether oxygens (including phenoxy) is 2. The first-order valence-corrected chi connectivity index (χ1v) is 9.87.